The normalized spacial score (nSPS) is 12.5. The number of nitrogens with one attached hydrogen (secondary N) is 2. The first kappa shape index (κ1) is 24.4. The van der Waals surface area contributed by atoms with Crippen LogP contribution >= 0.6 is 0 Å². The van der Waals surface area contributed by atoms with Gasteiger partial charge in [0.1, 0.15) is 11.8 Å². The van der Waals surface area contributed by atoms with Gasteiger partial charge in [0.2, 0.25) is 15.9 Å². The fourth-order valence-corrected chi connectivity index (χ4v) is 3.93. The van der Waals surface area contributed by atoms with Crippen molar-refractivity contribution < 1.29 is 22.7 Å². The molecule has 0 saturated heterocycles. The molecule has 0 aliphatic heterocycles. The predicted octanol–water partition coefficient (Wildman–Crippen LogP) is 2.40. The van der Waals surface area contributed by atoms with Crippen LogP contribution in [0, 0.1) is 12.8 Å². The Labute approximate surface area is 183 Å². The number of carbonyl (C=O) groups is 2. The molecule has 2 aromatic rings. The van der Waals surface area contributed by atoms with Crippen molar-refractivity contribution in [2.24, 2.45) is 5.92 Å². The van der Waals surface area contributed by atoms with E-state index < -0.39 is 27.9 Å². The van der Waals surface area contributed by atoms with Crippen molar-refractivity contribution in [3.63, 3.8) is 0 Å². The Balaban J connectivity index is 2.09. The van der Waals surface area contributed by atoms with Gasteiger partial charge in [0, 0.05) is 19.8 Å². The van der Waals surface area contributed by atoms with Crippen molar-refractivity contribution in [2.45, 2.75) is 31.7 Å². The SMILES string of the molecule is Cc1ccc(NC(=O)[C@H](NC(=O)COc2ccccc2)C(C)C)cc1S(=O)(=O)N(C)C. The molecule has 0 heterocycles. The zero-order valence-electron chi connectivity index (χ0n) is 18.4. The first-order valence-electron chi connectivity index (χ1n) is 9.83. The van der Waals surface area contributed by atoms with Gasteiger partial charge in [-0.1, -0.05) is 38.1 Å². The molecular formula is C22H29N3O5S. The van der Waals surface area contributed by atoms with Crippen LogP contribution in [0.5, 0.6) is 5.75 Å². The molecule has 2 rings (SSSR count). The summed E-state index contributed by atoms with van der Waals surface area (Å²) < 4.78 is 31.6. The summed E-state index contributed by atoms with van der Waals surface area (Å²) in [6.45, 7) is 5.07. The number of carbonyl (C=O) groups excluding carboxylic acids is 2. The lowest BCUT2D eigenvalue weighted by atomic mass is 10.0. The Morgan fingerprint density at radius 2 is 1.71 bits per heavy atom. The smallest absolute Gasteiger partial charge is 0.258 e. The van der Waals surface area contributed by atoms with Crippen LogP contribution in [0.2, 0.25) is 0 Å². The highest BCUT2D eigenvalue weighted by Gasteiger charge is 2.26. The molecule has 0 saturated carbocycles. The lowest BCUT2D eigenvalue weighted by Gasteiger charge is -2.22. The fraction of sp³-hybridized carbons (Fsp3) is 0.364. The largest absolute Gasteiger partial charge is 0.484 e. The van der Waals surface area contributed by atoms with E-state index in [0.29, 0.717) is 17.0 Å². The molecule has 0 spiro atoms. The second-order valence-corrected chi connectivity index (χ2v) is 9.77. The minimum absolute atomic E-state index is 0.108. The molecule has 1 atom stereocenters. The minimum Gasteiger partial charge on any atom is -0.484 e. The van der Waals surface area contributed by atoms with Gasteiger partial charge in [-0.05, 0) is 42.7 Å². The van der Waals surface area contributed by atoms with Gasteiger partial charge in [-0.25, -0.2) is 12.7 Å². The maximum absolute atomic E-state index is 12.8. The average Bonchev–Trinajstić information content (AvgIpc) is 2.72. The maximum Gasteiger partial charge on any atom is 0.258 e. The second-order valence-electron chi connectivity index (χ2n) is 7.65. The van der Waals surface area contributed by atoms with Gasteiger partial charge in [0.15, 0.2) is 6.61 Å². The molecule has 0 aliphatic carbocycles. The number of sulfonamides is 1. The third-order valence-electron chi connectivity index (χ3n) is 4.59. The number of anilines is 1. The van der Waals surface area contributed by atoms with Crippen LogP contribution < -0.4 is 15.4 Å². The monoisotopic (exact) mass is 447 g/mol. The van der Waals surface area contributed by atoms with Crippen LogP contribution in [0.3, 0.4) is 0 Å². The standard InChI is InChI=1S/C22H29N3O5S/c1-15(2)21(24-20(26)14-30-18-9-7-6-8-10-18)22(27)23-17-12-11-16(3)19(13-17)31(28,29)25(4)5/h6-13,15,21H,14H2,1-5H3,(H,23,27)(H,24,26)/t21-/m1/s1. The first-order valence-corrected chi connectivity index (χ1v) is 11.3. The zero-order chi connectivity index (χ0) is 23.2. The number of amides is 2. The van der Waals surface area contributed by atoms with Gasteiger partial charge in [0.05, 0.1) is 4.90 Å². The Kier molecular flexibility index (Phi) is 8.18. The number of nitrogens with zero attached hydrogens (tertiary/aromatic N) is 1. The van der Waals surface area contributed by atoms with Crippen LogP contribution in [0.1, 0.15) is 19.4 Å². The number of rotatable bonds is 9. The molecule has 8 nitrogen and oxygen atoms in total. The Morgan fingerprint density at radius 3 is 2.29 bits per heavy atom. The van der Waals surface area contributed by atoms with E-state index in [1.54, 1.807) is 57.2 Å². The Bertz CT molecular complexity index is 1020. The van der Waals surface area contributed by atoms with E-state index >= 15 is 0 Å². The van der Waals surface area contributed by atoms with E-state index in [0.717, 1.165) is 4.31 Å². The van der Waals surface area contributed by atoms with Crippen molar-refractivity contribution in [2.75, 3.05) is 26.0 Å². The lowest BCUT2D eigenvalue weighted by molar-refractivity contribution is -0.128. The van der Waals surface area contributed by atoms with E-state index in [2.05, 4.69) is 10.6 Å². The molecule has 0 bridgehead atoms. The molecule has 31 heavy (non-hydrogen) atoms. The van der Waals surface area contributed by atoms with Gasteiger partial charge in [-0.2, -0.15) is 0 Å². The maximum atomic E-state index is 12.8. The van der Waals surface area contributed by atoms with E-state index in [9.17, 15) is 18.0 Å². The van der Waals surface area contributed by atoms with Crippen LogP contribution in [-0.2, 0) is 19.6 Å². The molecule has 2 aromatic carbocycles. The number of hydrogen-bond donors (Lipinski definition) is 2. The Hall–Kier alpha value is -2.91. The van der Waals surface area contributed by atoms with Crippen LogP contribution in [-0.4, -0.2) is 51.3 Å². The number of ether oxygens (including phenoxy) is 1. The zero-order valence-corrected chi connectivity index (χ0v) is 19.2. The molecule has 0 aromatic heterocycles. The topological polar surface area (TPSA) is 105 Å². The van der Waals surface area contributed by atoms with Crippen molar-refractivity contribution in [1.29, 1.82) is 0 Å². The minimum atomic E-state index is -3.66. The highest BCUT2D eigenvalue weighted by molar-refractivity contribution is 7.89. The molecule has 168 valence electrons. The number of benzene rings is 2. The van der Waals surface area contributed by atoms with Crippen LogP contribution in [0.25, 0.3) is 0 Å². The summed E-state index contributed by atoms with van der Waals surface area (Å²) in [7, 11) is -0.767. The molecule has 9 heteroatoms. The number of aryl methyl sites for hydroxylation is 1. The van der Waals surface area contributed by atoms with Crippen molar-refractivity contribution in [1.82, 2.24) is 9.62 Å². The summed E-state index contributed by atoms with van der Waals surface area (Å²) in [6.07, 6.45) is 0. The number of para-hydroxylation sites is 1. The van der Waals surface area contributed by atoms with Crippen molar-refractivity contribution in [3.8, 4) is 5.75 Å². The van der Waals surface area contributed by atoms with Crippen LogP contribution in [0.4, 0.5) is 5.69 Å². The van der Waals surface area contributed by atoms with E-state index in [1.807, 2.05) is 6.07 Å². The summed E-state index contributed by atoms with van der Waals surface area (Å²) in [6, 6.07) is 12.7. The average molecular weight is 448 g/mol. The van der Waals surface area contributed by atoms with Crippen LogP contribution in [0.15, 0.2) is 53.4 Å². The van der Waals surface area contributed by atoms with Gasteiger partial charge in [-0.15, -0.1) is 0 Å². The predicted molar refractivity (Wildman–Crippen MR) is 119 cm³/mol. The third kappa shape index (κ3) is 6.53. The highest BCUT2D eigenvalue weighted by Crippen LogP contribution is 2.23. The highest BCUT2D eigenvalue weighted by atomic mass is 32.2. The summed E-state index contributed by atoms with van der Waals surface area (Å²) in [5.74, 6) is -0.522. The van der Waals surface area contributed by atoms with E-state index in [-0.39, 0.29) is 17.4 Å². The molecular weight excluding hydrogens is 418 g/mol. The van der Waals surface area contributed by atoms with Gasteiger partial charge in [0.25, 0.3) is 5.91 Å². The molecule has 2 amide bonds. The Morgan fingerprint density at radius 1 is 1.06 bits per heavy atom. The van der Waals surface area contributed by atoms with Crippen molar-refractivity contribution in [3.05, 3.63) is 54.1 Å². The summed E-state index contributed by atoms with van der Waals surface area (Å²) >= 11 is 0. The molecule has 2 N–H and O–H groups in total. The van der Waals surface area contributed by atoms with E-state index in [1.165, 1.54) is 20.2 Å². The van der Waals surface area contributed by atoms with Gasteiger partial charge in [-0.3, -0.25) is 9.59 Å². The van der Waals surface area contributed by atoms with Gasteiger partial charge < -0.3 is 15.4 Å². The lowest BCUT2D eigenvalue weighted by Crippen LogP contribution is -2.48. The molecule has 0 radical (unpaired) electrons. The molecule has 0 aliphatic rings. The molecule has 0 fully saturated rings. The molecule has 0 unspecified atom stereocenters. The second kappa shape index (κ2) is 10.4. The van der Waals surface area contributed by atoms with E-state index in [4.69, 9.17) is 4.74 Å². The number of hydrogen-bond acceptors (Lipinski definition) is 5. The first-order chi connectivity index (χ1) is 14.5. The summed E-state index contributed by atoms with van der Waals surface area (Å²) in [5, 5.41) is 5.38. The summed E-state index contributed by atoms with van der Waals surface area (Å²) in [4.78, 5) is 25.2. The van der Waals surface area contributed by atoms with Gasteiger partial charge >= 0.3 is 0 Å². The third-order valence-corrected chi connectivity index (χ3v) is 6.55. The summed E-state index contributed by atoms with van der Waals surface area (Å²) in [5.41, 5.74) is 0.898. The van der Waals surface area contributed by atoms with Crippen molar-refractivity contribution >= 4 is 27.5 Å². The quantitative estimate of drug-likeness (QED) is 0.614. The fourth-order valence-electron chi connectivity index (χ4n) is 2.79.